The molecule has 0 aliphatic carbocycles. The van der Waals surface area contributed by atoms with Crippen molar-refractivity contribution in [2.24, 2.45) is 0 Å². The maximum Gasteiger partial charge on any atom is 0.250 e. The molecular weight excluding hydrogens is 350 g/mol. The number of thiazole rings is 1. The molecule has 0 saturated heterocycles. The van der Waals surface area contributed by atoms with Gasteiger partial charge in [0.25, 0.3) is 0 Å². The predicted molar refractivity (Wildman–Crippen MR) is 93.1 cm³/mol. The van der Waals surface area contributed by atoms with E-state index < -0.39 is 10.0 Å². The van der Waals surface area contributed by atoms with E-state index in [4.69, 9.17) is 0 Å². The third-order valence-electron chi connectivity index (χ3n) is 3.17. The monoisotopic (exact) mass is 365 g/mol. The highest BCUT2D eigenvalue weighted by molar-refractivity contribution is 7.91. The molecule has 0 aliphatic heterocycles. The molecule has 0 aliphatic rings. The Morgan fingerprint density at radius 2 is 2.13 bits per heavy atom. The first-order valence-electron chi connectivity index (χ1n) is 7.01. The lowest BCUT2D eigenvalue weighted by Crippen LogP contribution is -2.22. The van der Waals surface area contributed by atoms with E-state index in [1.807, 2.05) is 30.5 Å². The van der Waals surface area contributed by atoms with Gasteiger partial charge in [-0.1, -0.05) is 6.92 Å². The summed E-state index contributed by atoms with van der Waals surface area (Å²) in [4.78, 5) is 9.57. The predicted octanol–water partition coefficient (Wildman–Crippen LogP) is 3.31. The Labute approximate surface area is 143 Å². The van der Waals surface area contributed by atoms with Gasteiger partial charge in [-0.25, -0.2) is 18.1 Å². The average Bonchev–Trinajstić information content (AvgIpc) is 3.23. The molecule has 0 aromatic carbocycles. The summed E-state index contributed by atoms with van der Waals surface area (Å²) in [6, 6.07) is 7.27. The number of sulfonamides is 1. The lowest BCUT2D eigenvalue weighted by molar-refractivity contribution is 0.583. The molecule has 23 heavy (non-hydrogen) atoms. The summed E-state index contributed by atoms with van der Waals surface area (Å²) in [5.74, 6) is 0. The van der Waals surface area contributed by atoms with Gasteiger partial charge in [0.05, 0.1) is 12.2 Å². The molecule has 5 nitrogen and oxygen atoms in total. The van der Waals surface area contributed by atoms with Gasteiger partial charge in [-0.05, 0) is 30.7 Å². The molecule has 120 valence electrons. The van der Waals surface area contributed by atoms with E-state index in [9.17, 15) is 8.42 Å². The molecule has 3 rings (SSSR count). The smallest absolute Gasteiger partial charge is 0.250 e. The van der Waals surface area contributed by atoms with Gasteiger partial charge in [0.1, 0.15) is 9.22 Å². The van der Waals surface area contributed by atoms with Crippen molar-refractivity contribution in [2.75, 3.05) is 0 Å². The van der Waals surface area contributed by atoms with Gasteiger partial charge in [-0.15, -0.1) is 22.7 Å². The number of hydrogen-bond acceptors (Lipinski definition) is 6. The molecule has 0 spiro atoms. The van der Waals surface area contributed by atoms with Gasteiger partial charge in [0.2, 0.25) is 10.0 Å². The fourth-order valence-corrected chi connectivity index (χ4v) is 5.12. The van der Waals surface area contributed by atoms with Gasteiger partial charge in [-0.3, -0.25) is 4.98 Å². The quantitative estimate of drug-likeness (QED) is 0.727. The summed E-state index contributed by atoms with van der Waals surface area (Å²) in [5.41, 5.74) is 1.73. The van der Waals surface area contributed by atoms with Crippen LogP contribution in [0.5, 0.6) is 0 Å². The molecule has 0 fully saturated rings. The Balaban J connectivity index is 1.70. The largest absolute Gasteiger partial charge is 0.264 e. The summed E-state index contributed by atoms with van der Waals surface area (Å²) < 4.78 is 27.5. The molecular formula is C15H15N3O2S3. The summed E-state index contributed by atoms with van der Waals surface area (Å²) in [7, 11) is -3.48. The van der Waals surface area contributed by atoms with Crippen molar-refractivity contribution in [3.8, 4) is 11.3 Å². The second-order valence-electron chi connectivity index (χ2n) is 4.77. The highest BCUT2D eigenvalue weighted by atomic mass is 32.2. The van der Waals surface area contributed by atoms with Crippen molar-refractivity contribution in [1.29, 1.82) is 0 Å². The minimum Gasteiger partial charge on any atom is -0.264 e. The Morgan fingerprint density at radius 1 is 1.26 bits per heavy atom. The molecule has 3 aromatic rings. The number of rotatable bonds is 6. The Hall–Kier alpha value is -1.61. The summed E-state index contributed by atoms with van der Waals surface area (Å²) >= 11 is 2.73. The number of thiophene rings is 1. The average molecular weight is 366 g/mol. The van der Waals surface area contributed by atoms with E-state index in [0.717, 1.165) is 27.6 Å². The van der Waals surface area contributed by atoms with Crippen LogP contribution in [0.3, 0.4) is 0 Å². The van der Waals surface area contributed by atoms with E-state index >= 15 is 0 Å². The fraction of sp³-hybridized carbons (Fsp3) is 0.200. The lowest BCUT2D eigenvalue weighted by atomic mass is 10.2. The molecule has 0 saturated carbocycles. The maximum atomic E-state index is 12.3. The van der Waals surface area contributed by atoms with Crippen LogP contribution in [-0.2, 0) is 23.0 Å². The van der Waals surface area contributed by atoms with Gasteiger partial charge < -0.3 is 0 Å². The third-order valence-corrected chi connectivity index (χ3v) is 7.14. The van der Waals surface area contributed by atoms with Crippen molar-refractivity contribution in [1.82, 2.24) is 14.7 Å². The highest BCUT2D eigenvalue weighted by Gasteiger charge is 2.17. The van der Waals surface area contributed by atoms with Crippen LogP contribution in [0.15, 0.2) is 46.2 Å². The van der Waals surface area contributed by atoms with Crippen molar-refractivity contribution in [3.63, 3.8) is 0 Å². The lowest BCUT2D eigenvalue weighted by Gasteiger charge is -2.02. The van der Waals surface area contributed by atoms with E-state index in [1.54, 1.807) is 18.5 Å². The fourth-order valence-electron chi connectivity index (χ4n) is 1.96. The summed E-state index contributed by atoms with van der Waals surface area (Å²) in [5, 5.41) is 2.63. The van der Waals surface area contributed by atoms with Gasteiger partial charge in [0, 0.05) is 28.2 Å². The minimum absolute atomic E-state index is 0.187. The Morgan fingerprint density at radius 3 is 2.83 bits per heavy atom. The molecule has 0 bridgehead atoms. The standard InChI is InChI=1S/C15H15N3O2S3/c1-2-12-5-6-15(22-12)23(19,20)17-9-14-18-13(10-21-14)11-4-3-7-16-8-11/h3-8,10,17H,2,9H2,1H3. The second kappa shape index (κ2) is 6.88. The maximum absolute atomic E-state index is 12.3. The normalized spacial score (nSPS) is 11.7. The van der Waals surface area contributed by atoms with Crippen molar-refractivity contribution < 1.29 is 8.42 Å². The molecule has 0 radical (unpaired) electrons. The van der Waals surface area contributed by atoms with Crippen LogP contribution in [0.2, 0.25) is 0 Å². The van der Waals surface area contributed by atoms with E-state index in [-0.39, 0.29) is 6.54 Å². The second-order valence-corrected chi connectivity index (χ2v) is 8.87. The van der Waals surface area contributed by atoms with Gasteiger partial charge >= 0.3 is 0 Å². The van der Waals surface area contributed by atoms with Gasteiger partial charge in [0.15, 0.2) is 0 Å². The zero-order chi connectivity index (χ0) is 16.3. The van der Waals surface area contributed by atoms with Crippen molar-refractivity contribution in [2.45, 2.75) is 24.1 Å². The van der Waals surface area contributed by atoms with Crippen LogP contribution in [0, 0.1) is 0 Å². The first kappa shape index (κ1) is 16.3. The number of nitrogens with zero attached hydrogens (tertiary/aromatic N) is 2. The molecule has 1 N–H and O–H groups in total. The Bertz CT molecular complexity index is 886. The number of nitrogens with one attached hydrogen (secondary N) is 1. The van der Waals surface area contributed by atoms with E-state index in [0.29, 0.717) is 4.21 Å². The van der Waals surface area contributed by atoms with Crippen molar-refractivity contribution in [3.05, 3.63) is 51.9 Å². The van der Waals surface area contributed by atoms with Crippen LogP contribution < -0.4 is 4.72 Å². The first-order valence-corrected chi connectivity index (χ1v) is 10.2. The Kier molecular flexibility index (Phi) is 4.86. The van der Waals surface area contributed by atoms with Crippen LogP contribution in [0.1, 0.15) is 16.8 Å². The number of hydrogen-bond donors (Lipinski definition) is 1. The molecule has 3 heterocycles. The number of aryl methyl sites for hydroxylation is 1. The number of aromatic nitrogens is 2. The van der Waals surface area contributed by atoms with Crippen LogP contribution in [0.4, 0.5) is 0 Å². The van der Waals surface area contributed by atoms with Gasteiger partial charge in [-0.2, -0.15) is 0 Å². The highest BCUT2D eigenvalue weighted by Crippen LogP contribution is 2.23. The zero-order valence-corrected chi connectivity index (χ0v) is 14.8. The van der Waals surface area contributed by atoms with Crippen LogP contribution >= 0.6 is 22.7 Å². The van der Waals surface area contributed by atoms with Crippen LogP contribution in [0.25, 0.3) is 11.3 Å². The molecule has 3 aromatic heterocycles. The summed E-state index contributed by atoms with van der Waals surface area (Å²) in [6.45, 7) is 2.19. The molecule has 0 atom stereocenters. The van der Waals surface area contributed by atoms with E-state index in [1.165, 1.54) is 22.7 Å². The molecule has 0 amide bonds. The van der Waals surface area contributed by atoms with Crippen molar-refractivity contribution >= 4 is 32.7 Å². The van der Waals surface area contributed by atoms with E-state index in [2.05, 4.69) is 14.7 Å². The van der Waals surface area contributed by atoms with Crippen LogP contribution in [-0.4, -0.2) is 18.4 Å². The third kappa shape index (κ3) is 3.84. The molecule has 0 unspecified atom stereocenters. The zero-order valence-electron chi connectivity index (χ0n) is 12.4. The minimum atomic E-state index is -3.48. The molecule has 8 heteroatoms. The SMILES string of the molecule is CCc1ccc(S(=O)(=O)NCc2nc(-c3cccnc3)cs2)s1. The number of pyridine rings is 1. The first-order chi connectivity index (χ1) is 11.1. The summed E-state index contributed by atoms with van der Waals surface area (Å²) in [6.07, 6.45) is 4.28. The topological polar surface area (TPSA) is 72.0 Å².